The minimum Gasteiger partial charge on any atom is -0.390 e. The quantitative estimate of drug-likeness (QED) is 0.738. The highest BCUT2D eigenvalue weighted by atomic mass is 16.5. The molecule has 1 heterocycles. The summed E-state index contributed by atoms with van der Waals surface area (Å²) in [7, 11) is 1.71. The summed E-state index contributed by atoms with van der Waals surface area (Å²) in [5.74, 6) is 0. The van der Waals surface area contributed by atoms with Gasteiger partial charge >= 0.3 is 0 Å². The van der Waals surface area contributed by atoms with Crippen molar-refractivity contribution in [3.8, 4) is 0 Å². The van der Waals surface area contributed by atoms with Gasteiger partial charge in [0.05, 0.1) is 17.8 Å². The predicted molar refractivity (Wildman–Crippen MR) is 55.3 cm³/mol. The number of ether oxygens (including phenoxy) is 2. The molecule has 0 aromatic heterocycles. The lowest BCUT2D eigenvalue weighted by atomic mass is 9.97. The van der Waals surface area contributed by atoms with Gasteiger partial charge in [0, 0.05) is 13.7 Å². The minimum absolute atomic E-state index is 0.0580. The van der Waals surface area contributed by atoms with E-state index in [1.54, 1.807) is 7.11 Å². The van der Waals surface area contributed by atoms with Gasteiger partial charge in [0.2, 0.25) is 0 Å². The van der Waals surface area contributed by atoms with Crippen LogP contribution in [0.3, 0.4) is 0 Å². The average molecular weight is 202 g/mol. The first-order valence-electron chi connectivity index (χ1n) is 5.40. The molecule has 0 spiro atoms. The van der Waals surface area contributed by atoms with Crippen LogP contribution in [0, 0.1) is 0 Å². The highest BCUT2D eigenvalue weighted by molar-refractivity contribution is 4.77. The van der Waals surface area contributed by atoms with E-state index in [0.29, 0.717) is 0 Å². The molecule has 14 heavy (non-hydrogen) atoms. The lowest BCUT2D eigenvalue weighted by Gasteiger charge is -2.25. The topological polar surface area (TPSA) is 38.7 Å². The Morgan fingerprint density at radius 1 is 1.57 bits per heavy atom. The molecule has 0 aliphatic carbocycles. The van der Waals surface area contributed by atoms with Gasteiger partial charge in [0.1, 0.15) is 0 Å². The number of rotatable bonds is 5. The Kier molecular flexibility index (Phi) is 4.35. The molecule has 2 unspecified atom stereocenters. The minimum atomic E-state index is -0.327. The van der Waals surface area contributed by atoms with Crippen LogP contribution in [0.4, 0.5) is 0 Å². The van der Waals surface area contributed by atoms with Crippen LogP contribution in [0.15, 0.2) is 0 Å². The van der Waals surface area contributed by atoms with Crippen molar-refractivity contribution in [2.45, 2.75) is 57.3 Å². The molecule has 1 N–H and O–H groups in total. The molecule has 2 atom stereocenters. The van der Waals surface area contributed by atoms with Gasteiger partial charge in [-0.3, -0.25) is 0 Å². The summed E-state index contributed by atoms with van der Waals surface area (Å²) in [6.45, 7) is 4.87. The zero-order chi connectivity index (χ0) is 10.6. The molecule has 84 valence electrons. The van der Waals surface area contributed by atoms with Gasteiger partial charge in [0.15, 0.2) is 0 Å². The molecule has 0 saturated carbocycles. The standard InChI is InChI=1S/C11H22O3/c1-11(2,13-3)7-6-9(12)10-5-4-8-14-10/h9-10,12H,4-8H2,1-3H3. The summed E-state index contributed by atoms with van der Waals surface area (Å²) in [5, 5.41) is 9.83. The molecule has 0 aromatic rings. The number of methoxy groups -OCH3 is 1. The summed E-state index contributed by atoms with van der Waals surface area (Å²) in [6, 6.07) is 0. The Bertz CT molecular complexity index is 162. The van der Waals surface area contributed by atoms with Gasteiger partial charge in [-0.25, -0.2) is 0 Å². The first-order valence-corrected chi connectivity index (χ1v) is 5.40. The highest BCUT2D eigenvalue weighted by Gasteiger charge is 2.26. The molecule has 0 amide bonds. The predicted octanol–water partition coefficient (Wildman–Crippen LogP) is 1.73. The van der Waals surface area contributed by atoms with Crippen LogP contribution in [0.1, 0.15) is 39.5 Å². The molecule has 3 nitrogen and oxygen atoms in total. The van der Waals surface area contributed by atoms with Gasteiger partial charge in [-0.1, -0.05) is 0 Å². The third kappa shape index (κ3) is 3.56. The van der Waals surface area contributed by atoms with E-state index in [4.69, 9.17) is 9.47 Å². The number of hydrogen-bond donors (Lipinski definition) is 1. The second-order valence-electron chi connectivity index (χ2n) is 4.62. The van der Waals surface area contributed by atoms with Crippen molar-refractivity contribution in [2.75, 3.05) is 13.7 Å². The van der Waals surface area contributed by atoms with Crippen molar-refractivity contribution in [1.82, 2.24) is 0 Å². The molecule has 3 heteroatoms. The monoisotopic (exact) mass is 202 g/mol. The zero-order valence-electron chi connectivity index (χ0n) is 9.45. The van der Waals surface area contributed by atoms with E-state index in [2.05, 4.69) is 0 Å². The lowest BCUT2D eigenvalue weighted by molar-refractivity contribution is -0.0322. The Hall–Kier alpha value is -0.120. The smallest absolute Gasteiger partial charge is 0.0834 e. The fraction of sp³-hybridized carbons (Fsp3) is 1.00. The highest BCUT2D eigenvalue weighted by Crippen LogP contribution is 2.22. The molecule has 0 bridgehead atoms. The van der Waals surface area contributed by atoms with E-state index in [1.165, 1.54) is 0 Å². The second kappa shape index (κ2) is 5.10. The maximum atomic E-state index is 9.83. The average Bonchev–Trinajstić information content (AvgIpc) is 2.67. The number of aliphatic hydroxyl groups is 1. The Balaban J connectivity index is 2.23. The van der Waals surface area contributed by atoms with Crippen LogP contribution in [0.5, 0.6) is 0 Å². The van der Waals surface area contributed by atoms with Crippen LogP contribution in [0.2, 0.25) is 0 Å². The summed E-state index contributed by atoms with van der Waals surface area (Å²) >= 11 is 0. The SMILES string of the molecule is COC(C)(C)CCC(O)C1CCCO1. The molecule has 1 rings (SSSR count). The van der Waals surface area contributed by atoms with Crippen molar-refractivity contribution in [2.24, 2.45) is 0 Å². The Morgan fingerprint density at radius 3 is 2.79 bits per heavy atom. The molecule has 0 radical (unpaired) electrons. The van der Waals surface area contributed by atoms with Crippen LogP contribution < -0.4 is 0 Å². The first-order chi connectivity index (χ1) is 6.55. The molecule has 1 fully saturated rings. The molecule has 0 aromatic carbocycles. The van der Waals surface area contributed by atoms with Crippen molar-refractivity contribution in [1.29, 1.82) is 0 Å². The second-order valence-corrected chi connectivity index (χ2v) is 4.62. The summed E-state index contributed by atoms with van der Waals surface area (Å²) in [4.78, 5) is 0. The fourth-order valence-electron chi connectivity index (χ4n) is 1.69. The normalized spacial score (nSPS) is 25.3. The van der Waals surface area contributed by atoms with Gasteiger partial charge < -0.3 is 14.6 Å². The molecular formula is C11H22O3. The van der Waals surface area contributed by atoms with Crippen LogP contribution in [-0.2, 0) is 9.47 Å². The largest absolute Gasteiger partial charge is 0.390 e. The van der Waals surface area contributed by atoms with Crippen molar-refractivity contribution >= 4 is 0 Å². The van der Waals surface area contributed by atoms with E-state index < -0.39 is 0 Å². The molecular weight excluding hydrogens is 180 g/mol. The van der Waals surface area contributed by atoms with Crippen molar-refractivity contribution in [3.63, 3.8) is 0 Å². The zero-order valence-corrected chi connectivity index (χ0v) is 9.45. The van der Waals surface area contributed by atoms with Crippen LogP contribution in [0.25, 0.3) is 0 Å². The number of aliphatic hydroxyl groups excluding tert-OH is 1. The Labute approximate surface area is 86.4 Å². The van der Waals surface area contributed by atoms with E-state index in [1.807, 2.05) is 13.8 Å². The Morgan fingerprint density at radius 2 is 2.29 bits per heavy atom. The molecule has 1 aliphatic heterocycles. The van der Waals surface area contributed by atoms with Gasteiger partial charge in [-0.2, -0.15) is 0 Å². The molecule has 1 aliphatic rings. The van der Waals surface area contributed by atoms with E-state index in [-0.39, 0.29) is 17.8 Å². The summed E-state index contributed by atoms with van der Waals surface area (Å²) in [5.41, 5.74) is -0.139. The first kappa shape index (κ1) is 12.0. The van der Waals surface area contributed by atoms with Crippen molar-refractivity contribution < 1.29 is 14.6 Å². The fourth-order valence-corrected chi connectivity index (χ4v) is 1.69. The van der Waals surface area contributed by atoms with Crippen molar-refractivity contribution in [3.05, 3.63) is 0 Å². The number of hydrogen-bond acceptors (Lipinski definition) is 3. The van der Waals surface area contributed by atoms with Gasteiger partial charge in [-0.05, 0) is 39.5 Å². The van der Waals surface area contributed by atoms with Gasteiger partial charge in [-0.15, -0.1) is 0 Å². The maximum absolute atomic E-state index is 9.83. The van der Waals surface area contributed by atoms with Crippen LogP contribution in [-0.4, -0.2) is 36.6 Å². The maximum Gasteiger partial charge on any atom is 0.0834 e. The van der Waals surface area contributed by atoms with Crippen LogP contribution >= 0.6 is 0 Å². The summed E-state index contributed by atoms with van der Waals surface area (Å²) < 4.78 is 10.7. The van der Waals surface area contributed by atoms with E-state index >= 15 is 0 Å². The molecule has 1 saturated heterocycles. The third-order valence-electron chi connectivity index (χ3n) is 2.99. The van der Waals surface area contributed by atoms with E-state index in [0.717, 1.165) is 32.3 Å². The van der Waals surface area contributed by atoms with E-state index in [9.17, 15) is 5.11 Å². The third-order valence-corrected chi connectivity index (χ3v) is 2.99. The lowest BCUT2D eigenvalue weighted by Crippen LogP contribution is -2.30. The summed E-state index contributed by atoms with van der Waals surface area (Å²) in [6.07, 6.45) is 3.43. The van der Waals surface area contributed by atoms with Gasteiger partial charge in [0.25, 0.3) is 0 Å².